The number of nitrogens with two attached hydrogens (primary N) is 1. The van der Waals surface area contributed by atoms with E-state index in [4.69, 9.17) is 5.73 Å². The normalized spacial score (nSPS) is 11.0. The van der Waals surface area contributed by atoms with Crippen LogP contribution in [0.25, 0.3) is 0 Å². The van der Waals surface area contributed by atoms with Gasteiger partial charge in [-0.2, -0.15) is 0 Å². The van der Waals surface area contributed by atoms with E-state index in [9.17, 15) is 13.2 Å². The molecule has 1 aromatic rings. The summed E-state index contributed by atoms with van der Waals surface area (Å²) in [5, 5.41) is 2.44. The van der Waals surface area contributed by atoms with Crippen LogP contribution in [0.2, 0.25) is 0 Å². The molecule has 0 bridgehead atoms. The minimum absolute atomic E-state index is 0.489. The molecule has 0 spiro atoms. The number of hydrogen-bond acceptors (Lipinski definition) is 4. The van der Waals surface area contributed by atoms with Gasteiger partial charge >= 0.3 is 0 Å². The van der Waals surface area contributed by atoms with Gasteiger partial charge in [-0.25, -0.2) is 8.42 Å². The molecule has 0 unspecified atom stereocenters. The highest BCUT2D eigenvalue weighted by Gasteiger charge is 2.10. The van der Waals surface area contributed by atoms with E-state index in [0.29, 0.717) is 11.4 Å². The lowest BCUT2D eigenvalue weighted by molar-refractivity contribution is -0.113. The molecule has 0 aliphatic heterocycles. The molecule has 0 saturated heterocycles. The lowest BCUT2D eigenvalue weighted by Gasteiger charge is -2.04. The van der Waals surface area contributed by atoms with Crippen molar-refractivity contribution in [1.82, 2.24) is 0 Å². The molecule has 3 N–H and O–H groups in total. The number of hydrogen-bond donors (Lipinski definition) is 2. The summed E-state index contributed by atoms with van der Waals surface area (Å²) in [6, 6.07) is 6.54. The van der Waals surface area contributed by atoms with Crippen molar-refractivity contribution in [2.75, 3.05) is 23.1 Å². The van der Waals surface area contributed by atoms with Gasteiger partial charge in [0.2, 0.25) is 5.91 Å². The van der Waals surface area contributed by atoms with Crippen LogP contribution in [0, 0.1) is 0 Å². The lowest BCUT2D eigenvalue weighted by Crippen LogP contribution is -2.21. The summed E-state index contributed by atoms with van der Waals surface area (Å²) in [5.74, 6) is -1.09. The summed E-state index contributed by atoms with van der Waals surface area (Å²) in [6.45, 7) is 0. The first kappa shape index (κ1) is 11.5. The van der Waals surface area contributed by atoms with Crippen LogP contribution in [0.1, 0.15) is 0 Å². The number of carbonyl (C=O) groups is 1. The number of nitrogen functional groups attached to an aromatic ring is 1. The van der Waals surface area contributed by atoms with E-state index in [1.807, 2.05) is 0 Å². The fourth-order valence-electron chi connectivity index (χ4n) is 1.05. The van der Waals surface area contributed by atoms with Crippen LogP contribution in [0.3, 0.4) is 0 Å². The summed E-state index contributed by atoms with van der Waals surface area (Å²) < 4.78 is 21.6. The highest BCUT2D eigenvalue weighted by molar-refractivity contribution is 7.91. The Morgan fingerprint density at radius 1 is 1.47 bits per heavy atom. The molecule has 0 aliphatic rings. The van der Waals surface area contributed by atoms with Crippen LogP contribution in [0.5, 0.6) is 0 Å². The van der Waals surface area contributed by atoms with Gasteiger partial charge in [0.05, 0.1) is 0 Å². The number of sulfone groups is 1. The van der Waals surface area contributed by atoms with Crippen LogP contribution in [0.15, 0.2) is 24.3 Å². The maximum Gasteiger partial charge on any atom is 0.239 e. The Hall–Kier alpha value is -1.56. The number of amides is 1. The van der Waals surface area contributed by atoms with Crippen molar-refractivity contribution >= 4 is 27.1 Å². The Balaban J connectivity index is 2.67. The molecular weight excluding hydrogens is 216 g/mol. The molecule has 0 fully saturated rings. The predicted molar refractivity (Wildman–Crippen MR) is 59.2 cm³/mol. The summed E-state index contributed by atoms with van der Waals surface area (Å²) in [6.07, 6.45) is 1.01. The maximum absolute atomic E-state index is 11.2. The van der Waals surface area contributed by atoms with Crippen LogP contribution < -0.4 is 11.1 Å². The molecular formula is C9H12N2O3S. The highest BCUT2D eigenvalue weighted by atomic mass is 32.2. The van der Waals surface area contributed by atoms with E-state index in [2.05, 4.69) is 5.32 Å². The number of carbonyl (C=O) groups excluding carboxylic acids is 1. The van der Waals surface area contributed by atoms with E-state index < -0.39 is 21.5 Å². The largest absolute Gasteiger partial charge is 0.399 e. The van der Waals surface area contributed by atoms with Gasteiger partial charge in [-0.15, -0.1) is 0 Å². The van der Waals surface area contributed by atoms with Gasteiger partial charge < -0.3 is 11.1 Å². The third kappa shape index (κ3) is 4.46. The minimum Gasteiger partial charge on any atom is -0.399 e. The molecule has 0 saturated carbocycles. The Morgan fingerprint density at radius 3 is 2.67 bits per heavy atom. The Morgan fingerprint density at radius 2 is 2.13 bits per heavy atom. The standard InChI is InChI=1S/C9H12N2O3S/c1-15(13,14)6-9(12)11-8-4-2-3-7(10)5-8/h2-5H,6,10H2,1H3,(H,11,12). The highest BCUT2D eigenvalue weighted by Crippen LogP contribution is 2.11. The number of rotatable bonds is 3. The molecule has 15 heavy (non-hydrogen) atoms. The molecule has 82 valence electrons. The first-order valence-electron chi connectivity index (χ1n) is 4.20. The SMILES string of the molecule is CS(=O)(=O)CC(=O)Nc1cccc(N)c1. The van der Waals surface area contributed by atoms with Gasteiger partial charge in [0.25, 0.3) is 0 Å². The number of anilines is 2. The molecule has 0 radical (unpaired) electrons. The van der Waals surface area contributed by atoms with Crippen molar-refractivity contribution < 1.29 is 13.2 Å². The third-order valence-electron chi connectivity index (χ3n) is 1.56. The van der Waals surface area contributed by atoms with Crippen LogP contribution in [-0.4, -0.2) is 26.3 Å². The van der Waals surface area contributed by atoms with Crippen molar-refractivity contribution in [2.24, 2.45) is 0 Å². The first-order valence-corrected chi connectivity index (χ1v) is 6.26. The van der Waals surface area contributed by atoms with Crippen molar-refractivity contribution in [3.8, 4) is 0 Å². The zero-order valence-corrected chi connectivity index (χ0v) is 9.04. The van der Waals surface area contributed by atoms with Gasteiger partial charge in [0, 0.05) is 17.6 Å². The maximum atomic E-state index is 11.2. The summed E-state index contributed by atoms with van der Waals surface area (Å²) >= 11 is 0. The van der Waals surface area contributed by atoms with Gasteiger partial charge in [-0.3, -0.25) is 4.79 Å². The van der Waals surface area contributed by atoms with Crippen molar-refractivity contribution in [1.29, 1.82) is 0 Å². The molecule has 5 nitrogen and oxygen atoms in total. The Labute approximate surface area is 88.2 Å². The number of benzene rings is 1. The topological polar surface area (TPSA) is 89.3 Å². The smallest absolute Gasteiger partial charge is 0.239 e. The zero-order valence-electron chi connectivity index (χ0n) is 8.23. The van der Waals surface area contributed by atoms with Gasteiger partial charge in [0.15, 0.2) is 9.84 Å². The summed E-state index contributed by atoms with van der Waals surface area (Å²) in [7, 11) is -3.30. The Kier molecular flexibility index (Phi) is 3.31. The van der Waals surface area contributed by atoms with E-state index in [-0.39, 0.29) is 0 Å². The average Bonchev–Trinajstić information content (AvgIpc) is 1.99. The average molecular weight is 228 g/mol. The molecule has 6 heteroatoms. The van der Waals surface area contributed by atoms with E-state index >= 15 is 0 Å². The molecule has 0 aromatic heterocycles. The Bertz CT molecular complexity index is 468. The summed E-state index contributed by atoms with van der Waals surface area (Å²) in [5.41, 5.74) is 6.49. The van der Waals surface area contributed by atoms with Gasteiger partial charge in [-0.1, -0.05) is 6.07 Å². The zero-order chi connectivity index (χ0) is 11.5. The quantitative estimate of drug-likeness (QED) is 0.726. The van der Waals surface area contributed by atoms with E-state index in [1.54, 1.807) is 24.3 Å². The molecule has 0 atom stereocenters. The molecule has 1 aromatic carbocycles. The monoisotopic (exact) mass is 228 g/mol. The third-order valence-corrected chi connectivity index (χ3v) is 2.35. The predicted octanol–water partition coefficient (Wildman–Crippen LogP) is 0.252. The van der Waals surface area contributed by atoms with Crippen molar-refractivity contribution in [3.05, 3.63) is 24.3 Å². The van der Waals surface area contributed by atoms with Crippen LogP contribution in [-0.2, 0) is 14.6 Å². The second-order valence-electron chi connectivity index (χ2n) is 3.24. The second-order valence-corrected chi connectivity index (χ2v) is 5.38. The van der Waals surface area contributed by atoms with Gasteiger partial charge in [0.1, 0.15) is 5.75 Å². The van der Waals surface area contributed by atoms with Crippen molar-refractivity contribution in [2.45, 2.75) is 0 Å². The minimum atomic E-state index is -3.30. The molecule has 1 rings (SSSR count). The summed E-state index contributed by atoms with van der Waals surface area (Å²) in [4.78, 5) is 11.2. The second kappa shape index (κ2) is 4.31. The van der Waals surface area contributed by atoms with E-state index in [0.717, 1.165) is 6.26 Å². The molecule has 0 aliphatic carbocycles. The van der Waals surface area contributed by atoms with Crippen molar-refractivity contribution in [3.63, 3.8) is 0 Å². The number of nitrogens with one attached hydrogen (secondary N) is 1. The van der Waals surface area contributed by atoms with Crippen LogP contribution in [0.4, 0.5) is 11.4 Å². The fraction of sp³-hybridized carbons (Fsp3) is 0.222. The first-order chi connectivity index (χ1) is 6.87. The molecule has 0 heterocycles. The fourth-order valence-corrected chi connectivity index (χ4v) is 1.60. The van der Waals surface area contributed by atoms with Crippen LogP contribution >= 0.6 is 0 Å². The van der Waals surface area contributed by atoms with Gasteiger partial charge in [-0.05, 0) is 18.2 Å². The lowest BCUT2D eigenvalue weighted by atomic mass is 10.3. The van der Waals surface area contributed by atoms with E-state index in [1.165, 1.54) is 0 Å². The molecule has 1 amide bonds.